The van der Waals surface area contributed by atoms with Crippen molar-refractivity contribution >= 4 is 5.97 Å². The minimum atomic E-state index is -1.26. The lowest BCUT2D eigenvalue weighted by molar-refractivity contribution is -0.362. The Morgan fingerprint density at radius 3 is 2.84 bits per heavy atom. The van der Waals surface area contributed by atoms with Gasteiger partial charge in [-0.05, 0) is 19.4 Å². The van der Waals surface area contributed by atoms with E-state index in [-0.39, 0.29) is 12.7 Å². The number of carbonyl (C=O) groups excluding carboxylic acids is 1. The molecule has 0 aromatic rings. The van der Waals surface area contributed by atoms with Gasteiger partial charge >= 0.3 is 5.97 Å². The van der Waals surface area contributed by atoms with Gasteiger partial charge in [0.15, 0.2) is 0 Å². The molecule has 0 spiro atoms. The van der Waals surface area contributed by atoms with Crippen molar-refractivity contribution in [3.63, 3.8) is 0 Å². The molecule has 3 fully saturated rings. The Balaban J connectivity index is 1.84. The van der Waals surface area contributed by atoms with Gasteiger partial charge < -0.3 is 24.4 Å². The standard InChI is InChI=1S/C19H26O6/c1-5-6-14(20)25-12-8-13-19(22)9-23-16-15(21)10(2)7-11(24-13)17(16,3)18(12,19)4/h5-7,11-13,15-16,21-22H,8-9H2,1-4H3/b6-5-/t11-,12-,13-,15-,16+,17?,18-,19+/m1/s1. The summed E-state index contributed by atoms with van der Waals surface area (Å²) in [5.74, 6) is -0.426. The van der Waals surface area contributed by atoms with Crippen molar-refractivity contribution in [2.24, 2.45) is 10.8 Å². The molecule has 6 nitrogen and oxygen atoms in total. The third-order valence-electron chi connectivity index (χ3n) is 7.33. The lowest BCUT2D eigenvalue weighted by atomic mass is 9.48. The first-order valence-corrected chi connectivity index (χ1v) is 8.89. The lowest BCUT2D eigenvalue weighted by Gasteiger charge is -2.67. The molecular weight excluding hydrogens is 324 g/mol. The van der Waals surface area contributed by atoms with Gasteiger partial charge in [-0.3, -0.25) is 0 Å². The smallest absolute Gasteiger partial charge is 0.330 e. The van der Waals surface area contributed by atoms with Crippen LogP contribution in [-0.2, 0) is 19.0 Å². The molecule has 8 atom stereocenters. The number of carbonyl (C=O) groups is 1. The molecule has 6 heteroatoms. The summed E-state index contributed by atoms with van der Waals surface area (Å²) in [7, 11) is 0. The Morgan fingerprint density at radius 2 is 2.16 bits per heavy atom. The predicted molar refractivity (Wildman–Crippen MR) is 88.6 cm³/mol. The first-order chi connectivity index (χ1) is 11.7. The molecule has 0 amide bonds. The third kappa shape index (κ3) is 1.81. The van der Waals surface area contributed by atoms with E-state index in [1.165, 1.54) is 6.08 Å². The van der Waals surface area contributed by atoms with Crippen molar-refractivity contribution in [1.29, 1.82) is 0 Å². The molecule has 1 saturated carbocycles. The number of rotatable bonds is 2. The zero-order valence-corrected chi connectivity index (χ0v) is 15.1. The van der Waals surface area contributed by atoms with Gasteiger partial charge in [-0.2, -0.15) is 0 Å². The summed E-state index contributed by atoms with van der Waals surface area (Å²) in [5, 5.41) is 22.2. The normalized spacial score (nSPS) is 53.7. The van der Waals surface area contributed by atoms with E-state index >= 15 is 0 Å². The molecule has 0 aromatic carbocycles. The van der Waals surface area contributed by atoms with Gasteiger partial charge in [-0.1, -0.05) is 26.0 Å². The summed E-state index contributed by atoms with van der Waals surface area (Å²) in [6, 6.07) is 0. The lowest BCUT2D eigenvalue weighted by Crippen LogP contribution is -2.78. The maximum Gasteiger partial charge on any atom is 0.330 e. The Kier molecular flexibility index (Phi) is 3.55. The number of hydrogen-bond acceptors (Lipinski definition) is 6. The topological polar surface area (TPSA) is 85.2 Å². The number of aliphatic hydroxyl groups excluding tert-OH is 1. The van der Waals surface area contributed by atoms with Crippen LogP contribution in [0, 0.1) is 10.8 Å². The fourth-order valence-corrected chi connectivity index (χ4v) is 5.61. The highest BCUT2D eigenvalue weighted by Crippen LogP contribution is 2.69. The number of esters is 1. The van der Waals surface area contributed by atoms with E-state index in [0.717, 1.165) is 5.57 Å². The third-order valence-corrected chi connectivity index (χ3v) is 7.33. The van der Waals surface area contributed by atoms with E-state index in [9.17, 15) is 15.0 Å². The van der Waals surface area contributed by atoms with Crippen LogP contribution in [0.2, 0.25) is 0 Å². The second-order valence-corrected chi connectivity index (χ2v) is 8.20. The average Bonchev–Trinajstić information content (AvgIpc) is 2.69. The van der Waals surface area contributed by atoms with Gasteiger partial charge in [0.25, 0.3) is 0 Å². The first-order valence-electron chi connectivity index (χ1n) is 8.89. The fraction of sp³-hybridized carbons (Fsp3) is 0.737. The van der Waals surface area contributed by atoms with E-state index in [4.69, 9.17) is 14.2 Å². The second-order valence-electron chi connectivity index (χ2n) is 8.20. The van der Waals surface area contributed by atoms with Crippen LogP contribution in [-0.4, -0.2) is 58.9 Å². The largest absolute Gasteiger partial charge is 0.458 e. The highest BCUT2D eigenvalue weighted by atomic mass is 16.6. The summed E-state index contributed by atoms with van der Waals surface area (Å²) in [5.41, 5.74) is -1.95. The number of aliphatic hydroxyl groups is 2. The van der Waals surface area contributed by atoms with E-state index in [0.29, 0.717) is 6.42 Å². The molecule has 4 rings (SSSR count). The molecule has 4 bridgehead atoms. The molecule has 2 aliphatic carbocycles. The van der Waals surface area contributed by atoms with Crippen LogP contribution in [0.4, 0.5) is 0 Å². The van der Waals surface area contributed by atoms with E-state index in [2.05, 4.69) is 0 Å². The first kappa shape index (κ1) is 17.2. The maximum atomic E-state index is 12.1. The van der Waals surface area contributed by atoms with Gasteiger partial charge in [-0.15, -0.1) is 0 Å². The molecule has 0 aromatic heterocycles. The maximum absolute atomic E-state index is 12.1. The highest BCUT2D eigenvalue weighted by Gasteiger charge is 2.81. The van der Waals surface area contributed by atoms with Gasteiger partial charge in [0.1, 0.15) is 17.8 Å². The Bertz CT molecular complexity index is 671. The van der Waals surface area contributed by atoms with Crippen molar-refractivity contribution in [3.05, 3.63) is 23.8 Å². The van der Waals surface area contributed by atoms with Crippen molar-refractivity contribution in [2.45, 2.75) is 70.2 Å². The number of hydrogen-bond donors (Lipinski definition) is 2. The van der Waals surface area contributed by atoms with Crippen LogP contribution in [0.3, 0.4) is 0 Å². The zero-order chi connectivity index (χ0) is 18.2. The Hall–Kier alpha value is -1.21. The molecule has 4 aliphatic rings. The van der Waals surface area contributed by atoms with E-state index in [1.54, 1.807) is 13.0 Å². The summed E-state index contributed by atoms with van der Waals surface area (Å²) in [6.45, 7) is 7.59. The molecule has 1 unspecified atom stereocenters. The van der Waals surface area contributed by atoms with Crippen LogP contribution in [0.25, 0.3) is 0 Å². The van der Waals surface area contributed by atoms with Crippen LogP contribution < -0.4 is 0 Å². The minimum absolute atomic E-state index is 0.0587. The molecule has 0 radical (unpaired) electrons. The predicted octanol–water partition coefficient (Wildman–Crippen LogP) is 1.11. The monoisotopic (exact) mass is 350 g/mol. The average molecular weight is 350 g/mol. The van der Waals surface area contributed by atoms with Crippen LogP contribution in [0.1, 0.15) is 34.1 Å². The van der Waals surface area contributed by atoms with Gasteiger partial charge in [0, 0.05) is 23.3 Å². The molecule has 2 saturated heterocycles. The Morgan fingerprint density at radius 1 is 1.44 bits per heavy atom. The van der Waals surface area contributed by atoms with Crippen LogP contribution in [0.5, 0.6) is 0 Å². The summed E-state index contributed by atoms with van der Waals surface area (Å²) < 4.78 is 18.0. The minimum Gasteiger partial charge on any atom is -0.458 e. The van der Waals surface area contributed by atoms with Crippen LogP contribution >= 0.6 is 0 Å². The van der Waals surface area contributed by atoms with Crippen molar-refractivity contribution in [3.8, 4) is 0 Å². The Labute approximate surface area is 147 Å². The molecule has 2 heterocycles. The highest BCUT2D eigenvalue weighted by molar-refractivity contribution is 5.82. The van der Waals surface area contributed by atoms with Gasteiger partial charge in [-0.25, -0.2) is 4.79 Å². The van der Waals surface area contributed by atoms with Gasteiger partial charge in [0.05, 0.1) is 24.9 Å². The molecule has 2 aliphatic heterocycles. The van der Waals surface area contributed by atoms with Crippen molar-refractivity contribution in [2.75, 3.05) is 6.61 Å². The van der Waals surface area contributed by atoms with Crippen molar-refractivity contribution < 1.29 is 29.2 Å². The fourth-order valence-electron chi connectivity index (χ4n) is 5.61. The second kappa shape index (κ2) is 5.16. The SMILES string of the molecule is C/C=C\C(=O)O[C@@H]1C[C@H]2O[C@@H]3C=C(C)[C@@H](O)[C@@H]4OC[C@@]2(O)[C@@]1(C)C34C. The molecule has 2 N–H and O–H groups in total. The van der Waals surface area contributed by atoms with Gasteiger partial charge in [0.2, 0.25) is 0 Å². The van der Waals surface area contributed by atoms with Crippen molar-refractivity contribution in [1.82, 2.24) is 0 Å². The number of ether oxygens (including phenoxy) is 3. The molecule has 138 valence electrons. The number of allylic oxidation sites excluding steroid dienone is 1. The molecular formula is C19H26O6. The van der Waals surface area contributed by atoms with E-state index < -0.39 is 46.8 Å². The van der Waals surface area contributed by atoms with Crippen LogP contribution in [0.15, 0.2) is 23.8 Å². The summed E-state index contributed by atoms with van der Waals surface area (Å²) in [6.07, 6.45) is 2.79. The van der Waals surface area contributed by atoms with E-state index in [1.807, 2.05) is 26.8 Å². The summed E-state index contributed by atoms with van der Waals surface area (Å²) in [4.78, 5) is 12.1. The zero-order valence-electron chi connectivity index (χ0n) is 15.1. The molecule has 25 heavy (non-hydrogen) atoms. The summed E-state index contributed by atoms with van der Waals surface area (Å²) >= 11 is 0. The quantitative estimate of drug-likeness (QED) is 0.441.